The van der Waals surface area contributed by atoms with E-state index in [4.69, 9.17) is 17.3 Å². The maximum absolute atomic E-state index is 5.74. The summed E-state index contributed by atoms with van der Waals surface area (Å²) < 4.78 is 0. The Bertz CT molecular complexity index is 237. The monoisotopic (exact) mass is 170 g/mol. The number of hydrogen-bond acceptors (Lipinski definition) is 2. The third-order valence-electron chi connectivity index (χ3n) is 1.56. The van der Waals surface area contributed by atoms with E-state index in [1.807, 2.05) is 19.1 Å². The number of nitrogens with zero attached hydrogens (tertiary/aromatic N) is 1. The smallest absolute Gasteiger partial charge is 0.129 e. The second kappa shape index (κ2) is 3.69. The van der Waals surface area contributed by atoms with E-state index in [9.17, 15) is 0 Å². The molecule has 0 saturated carbocycles. The fraction of sp³-hybridized carbons (Fsp3) is 0.375. The molecule has 0 aliphatic carbocycles. The lowest BCUT2D eigenvalue weighted by molar-refractivity contribution is 0.676. The third-order valence-corrected chi connectivity index (χ3v) is 1.77. The molecule has 2 nitrogen and oxygen atoms in total. The molecular weight excluding hydrogens is 160 g/mol. The molecule has 3 heteroatoms. The summed E-state index contributed by atoms with van der Waals surface area (Å²) in [6, 6.07) is 5.50. The SMILES string of the molecule is CC[C@@H](N)c1cccc(Cl)n1. The number of pyridine rings is 1. The second-order valence-electron chi connectivity index (χ2n) is 2.40. The molecule has 1 heterocycles. The maximum Gasteiger partial charge on any atom is 0.129 e. The highest BCUT2D eigenvalue weighted by molar-refractivity contribution is 6.29. The third kappa shape index (κ3) is 2.17. The molecule has 1 atom stereocenters. The largest absolute Gasteiger partial charge is 0.323 e. The fourth-order valence-electron chi connectivity index (χ4n) is 0.840. The summed E-state index contributed by atoms with van der Waals surface area (Å²) in [5.74, 6) is 0. The van der Waals surface area contributed by atoms with Gasteiger partial charge in [-0.1, -0.05) is 24.6 Å². The number of nitrogens with two attached hydrogens (primary N) is 1. The minimum absolute atomic E-state index is 0.00806. The van der Waals surface area contributed by atoms with Crippen molar-refractivity contribution < 1.29 is 0 Å². The van der Waals surface area contributed by atoms with Crippen LogP contribution in [0.3, 0.4) is 0 Å². The van der Waals surface area contributed by atoms with Crippen LogP contribution in [-0.4, -0.2) is 4.98 Å². The van der Waals surface area contributed by atoms with E-state index in [1.165, 1.54) is 0 Å². The molecule has 0 aliphatic rings. The van der Waals surface area contributed by atoms with Crippen molar-refractivity contribution in [2.75, 3.05) is 0 Å². The Balaban J connectivity index is 2.86. The molecule has 60 valence electrons. The van der Waals surface area contributed by atoms with E-state index in [-0.39, 0.29) is 6.04 Å². The van der Waals surface area contributed by atoms with Gasteiger partial charge in [0.05, 0.1) is 5.69 Å². The Kier molecular flexibility index (Phi) is 2.85. The van der Waals surface area contributed by atoms with Crippen LogP contribution in [0.4, 0.5) is 0 Å². The van der Waals surface area contributed by atoms with Crippen LogP contribution in [0, 0.1) is 0 Å². The maximum atomic E-state index is 5.74. The Morgan fingerprint density at radius 2 is 2.36 bits per heavy atom. The van der Waals surface area contributed by atoms with Gasteiger partial charge < -0.3 is 5.73 Å². The number of aromatic nitrogens is 1. The number of halogens is 1. The van der Waals surface area contributed by atoms with Crippen LogP contribution >= 0.6 is 11.6 Å². The van der Waals surface area contributed by atoms with Gasteiger partial charge in [-0.2, -0.15) is 0 Å². The number of hydrogen-bond donors (Lipinski definition) is 1. The van der Waals surface area contributed by atoms with Crippen molar-refractivity contribution in [2.45, 2.75) is 19.4 Å². The van der Waals surface area contributed by atoms with Crippen LogP contribution in [-0.2, 0) is 0 Å². The van der Waals surface area contributed by atoms with Crippen LogP contribution in [0.15, 0.2) is 18.2 Å². The lowest BCUT2D eigenvalue weighted by Crippen LogP contribution is -2.10. The zero-order chi connectivity index (χ0) is 8.27. The van der Waals surface area contributed by atoms with Crippen molar-refractivity contribution in [3.05, 3.63) is 29.0 Å². The first-order valence-corrected chi connectivity index (χ1v) is 4.00. The van der Waals surface area contributed by atoms with Crippen molar-refractivity contribution in [3.63, 3.8) is 0 Å². The lowest BCUT2D eigenvalue weighted by Gasteiger charge is -2.06. The summed E-state index contributed by atoms with van der Waals surface area (Å²) >= 11 is 5.68. The minimum Gasteiger partial charge on any atom is -0.323 e. The highest BCUT2D eigenvalue weighted by Crippen LogP contribution is 2.13. The average molecular weight is 171 g/mol. The van der Waals surface area contributed by atoms with Gasteiger partial charge in [0.15, 0.2) is 0 Å². The van der Waals surface area contributed by atoms with Crippen LogP contribution in [0.2, 0.25) is 5.15 Å². The van der Waals surface area contributed by atoms with Gasteiger partial charge in [-0.15, -0.1) is 0 Å². The summed E-state index contributed by atoms with van der Waals surface area (Å²) in [7, 11) is 0. The molecule has 2 N–H and O–H groups in total. The Morgan fingerprint density at radius 3 is 2.91 bits per heavy atom. The van der Waals surface area contributed by atoms with Crippen molar-refractivity contribution in [3.8, 4) is 0 Å². The first-order chi connectivity index (χ1) is 5.24. The van der Waals surface area contributed by atoms with E-state index in [0.29, 0.717) is 5.15 Å². The predicted octanol–water partition coefficient (Wildman–Crippen LogP) is 2.14. The van der Waals surface area contributed by atoms with Gasteiger partial charge in [-0.05, 0) is 18.6 Å². The zero-order valence-electron chi connectivity index (χ0n) is 6.42. The molecule has 0 unspecified atom stereocenters. The standard InChI is InChI=1S/C8H11ClN2/c1-2-6(10)7-4-3-5-8(9)11-7/h3-6H,2,10H2,1H3/t6-/m1/s1. The molecule has 1 rings (SSSR count). The van der Waals surface area contributed by atoms with Gasteiger partial charge in [0.2, 0.25) is 0 Å². The van der Waals surface area contributed by atoms with Gasteiger partial charge in [-0.3, -0.25) is 0 Å². The van der Waals surface area contributed by atoms with Gasteiger partial charge in [0.1, 0.15) is 5.15 Å². The Hall–Kier alpha value is -0.600. The molecular formula is C8H11ClN2. The van der Waals surface area contributed by atoms with E-state index < -0.39 is 0 Å². The average Bonchev–Trinajstić information content (AvgIpc) is 2.03. The van der Waals surface area contributed by atoms with Crippen LogP contribution < -0.4 is 5.73 Å². The molecule has 0 radical (unpaired) electrons. The quantitative estimate of drug-likeness (QED) is 0.691. The van der Waals surface area contributed by atoms with Crippen LogP contribution in [0.5, 0.6) is 0 Å². The molecule has 1 aromatic heterocycles. The van der Waals surface area contributed by atoms with Crippen molar-refractivity contribution in [1.29, 1.82) is 0 Å². The molecule has 0 saturated heterocycles. The van der Waals surface area contributed by atoms with Crippen LogP contribution in [0.25, 0.3) is 0 Å². The summed E-state index contributed by atoms with van der Waals surface area (Å²) in [6.45, 7) is 2.02. The normalized spacial score (nSPS) is 13.0. The highest BCUT2D eigenvalue weighted by atomic mass is 35.5. The molecule has 0 spiro atoms. The Labute approximate surface area is 71.4 Å². The second-order valence-corrected chi connectivity index (χ2v) is 2.79. The summed E-state index contributed by atoms with van der Waals surface area (Å²) in [6.07, 6.45) is 0.882. The molecule has 0 fully saturated rings. The van der Waals surface area contributed by atoms with Crippen LogP contribution in [0.1, 0.15) is 25.1 Å². The molecule has 0 bridgehead atoms. The van der Waals surface area contributed by atoms with Gasteiger partial charge in [-0.25, -0.2) is 4.98 Å². The first kappa shape index (κ1) is 8.50. The Morgan fingerprint density at radius 1 is 1.64 bits per heavy atom. The molecule has 0 aliphatic heterocycles. The summed E-state index contributed by atoms with van der Waals surface area (Å²) in [5, 5.41) is 0.506. The molecule has 0 amide bonds. The fourth-order valence-corrected chi connectivity index (χ4v) is 1.01. The van der Waals surface area contributed by atoms with Gasteiger partial charge in [0, 0.05) is 6.04 Å². The molecule has 11 heavy (non-hydrogen) atoms. The molecule has 1 aromatic rings. The minimum atomic E-state index is 0.00806. The van der Waals surface area contributed by atoms with Crippen molar-refractivity contribution >= 4 is 11.6 Å². The lowest BCUT2D eigenvalue weighted by atomic mass is 10.1. The summed E-state index contributed by atoms with van der Waals surface area (Å²) in [5.41, 5.74) is 6.60. The van der Waals surface area contributed by atoms with Gasteiger partial charge in [0.25, 0.3) is 0 Å². The van der Waals surface area contributed by atoms with Gasteiger partial charge >= 0.3 is 0 Å². The van der Waals surface area contributed by atoms with E-state index >= 15 is 0 Å². The first-order valence-electron chi connectivity index (χ1n) is 3.62. The highest BCUT2D eigenvalue weighted by Gasteiger charge is 2.03. The van der Waals surface area contributed by atoms with Crippen molar-refractivity contribution in [1.82, 2.24) is 4.98 Å². The van der Waals surface area contributed by atoms with E-state index in [2.05, 4.69) is 4.98 Å². The summed E-state index contributed by atoms with van der Waals surface area (Å²) in [4.78, 5) is 4.08. The predicted molar refractivity (Wildman–Crippen MR) is 46.5 cm³/mol. The van der Waals surface area contributed by atoms with Crippen molar-refractivity contribution in [2.24, 2.45) is 5.73 Å². The molecule has 0 aromatic carbocycles. The zero-order valence-corrected chi connectivity index (χ0v) is 7.17. The number of rotatable bonds is 2. The van der Waals surface area contributed by atoms with E-state index in [0.717, 1.165) is 12.1 Å². The van der Waals surface area contributed by atoms with E-state index in [1.54, 1.807) is 6.07 Å². The topological polar surface area (TPSA) is 38.9 Å².